The highest BCUT2D eigenvalue weighted by atomic mass is 16.6. The van der Waals surface area contributed by atoms with Crippen molar-refractivity contribution in [3.63, 3.8) is 0 Å². The van der Waals surface area contributed by atoms with Gasteiger partial charge in [-0.15, -0.1) is 16.8 Å². The number of allylic oxidation sites excluding steroid dienone is 1. The number of aromatic nitrogens is 3. The minimum absolute atomic E-state index is 0.147. The molecule has 1 amide bonds. The number of carbonyl (C=O) groups is 2. The number of benzene rings is 2. The van der Waals surface area contributed by atoms with E-state index in [1.54, 1.807) is 6.08 Å². The van der Waals surface area contributed by atoms with Gasteiger partial charge in [-0.2, -0.15) is 0 Å². The summed E-state index contributed by atoms with van der Waals surface area (Å²) in [6, 6.07) is 18.4. The van der Waals surface area contributed by atoms with E-state index >= 15 is 0 Å². The molecule has 0 aliphatic carbocycles. The molecule has 1 aliphatic heterocycles. The smallest absolute Gasteiger partial charge is 0.310 e. The first-order valence-corrected chi connectivity index (χ1v) is 14.8. The highest BCUT2D eigenvalue weighted by Crippen LogP contribution is 2.32. The lowest BCUT2D eigenvalue weighted by Crippen LogP contribution is -2.42. The summed E-state index contributed by atoms with van der Waals surface area (Å²) in [5, 5.41) is 12.4. The zero-order valence-corrected chi connectivity index (χ0v) is 25.1. The molecule has 1 aromatic heterocycles. The fourth-order valence-electron chi connectivity index (χ4n) is 5.56. The molecule has 7 heteroatoms. The Morgan fingerprint density at radius 3 is 2.29 bits per heavy atom. The molecule has 3 unspecified atom stereocenters. The summed E-state index contributed by atoms with van der Waals surface area (Å²) in [7, 11) is 0. The van der Waals surface area contributed by atoms with E-state index in [4.69, 9.17) is 4.74 Å². The van der Waals surface area contributed by atoms with Gasteiger partial charge in [0.05, 0.1) is 17.9 Å². The van der Waals surface area contributed by atoms with Crippen LogP contribution >= 0.6 is 0 Å². The Hall–Kier alpha value is -3.74. The molecule has 3 atom stereocenters. The van der Waals surface area contributed by atoms with E-state index in [-0.39, 0.29) is 23.8 Å². The molecule has 218 valence electrons. The standard InChI is InChI=1S/C34H44N4O3/c1-7-13-27(33(40)41-34(4,5)6)28(22-23(2)3)32(39)35-29-16-11-12-21-38-30(36-37-31(29)38)26-19-17-25(18-20-26)24-14-9-8-10-15-24/h7-10,14-15,17-20,23,27-29H,1,11-13,16,21-22H2,2-6H3,(H,35,39). The van der Waals surface area contributed by atoms with Crippen LogP contribution in [0.25, 0.3) is 22.5 Å². The molecule has 41 heavy (non-hydrogen) atoms. The van der Waals surface area contributed by atoms with Crippen molar-refractivity contribution >= 4 is 11.9 Å². The average Bonchev–Trinajstić information content (AvgIpc) is 3.25. The van der Waals surface area contributed by atoms with Crippen molar-refractivity contribution in [2.45, 2.75) is 84.9 Å². The molecule has 2 aromatic carbocycles. The first-order valence-electron chi connectivity index (χ1n) is 14.8. The Kier molecular flexibility index (Phi) is 9.79. The van der Waals surface area contributed by atoms with Crippen LogP contribution in [0.2, 0.25) is 0 Å². The van der Waals surface area contributed by atoms with Crippen molar-refractivity contribution < 1.29 is 14.3 Å². The fraction of sp³-hybridized carbons (Fsp3) is 0.471. The Morgan fingerprint density at radius 2 is 1.66 bits per heavy atom. The summed E-state index contributed by atoms with van der Waals surface area (Å²) in [5.74, 6) is 0.152. The van der Waals surface area contributed by atoms with Gasteiger partial charge < -0.3 is 14.6 Å². The molecular formula is C34H44N4O3. The van der Waals surface area contributed by atoms with Crippen LogP contribution < -0.4 is 5.32 Å². The molecule has 1 aliphatic rings. The highest BCUT2D eigenvalue weighted by Gasteiger charge is 2.38. The predicted molar refractivity (Wildman–Crippen MR) is 163 cm³/mol. The van der Waals surface area contributed by atoms with E-state index in [0.717, 1.165) is 48.6 Å². The third-order valence-electron chi connectivity index (χ3n) is 7.46. The normalized spacial score (nSPS) is 16.8. The van der Waals surface area contributed by atoms with Crippen molar-refractivity contribution in [1.82, 2.24) is 20.1 Å². The average molecular weight is 557 g/mol. The van der Waals surface area contributed by atoms with E-state index in [1.165, 1.54) is 5.56 Å². The minimum Gasteiger partial charge on any atom is -0.460 e. The molecule has 3 aromatic rings. The lowest BCUT2D eigenvalue weighted by atomic mass is 9.82. The van der Waals surface area contributed by atoms with Gasteiger partial charge in [-0.1, -0.05) is 74.5 Å². The number of nitrogens with one attached hydrogen (secondary N) is 1. The van der Waals surface area contributed by atoms with Crippen LogP contribution in [0.1, 0.15) is 78.6 Å². The number of hydrogen-bond donors (Lipinski definition) is 1. The Balaban J connectivity index is 1.58. The predicted octanol–water partition coefficient (Wildman–Crippen LogP) is 7.15. The molecule has 0 bridgehead atoms. The summed E-state index contributed by atoms with van der Waals surface area (Å²) >= 11 is 0. The molecule has 0 saturated heterocycles. The van der Waals surface area contributed by atoms with Gasteiger partial charge in [0.2, 0.25) is 5.91 Å². The van der Waals surface area contributed by atoms with Crippen molar-refractivity contribution in [2.24, 2.45) is 17.8 Å². The summed E-state index contributed by atoms with van der Waals surface area (Å²) in [5.41, 5.74) is 2.66. The number of amides is 1. The van der Waals surface area contributed by atoms with Gasteiger partial charge in [0.25, 0.3) is 0 Å². The number of nitrogens with zero attached hydrogens (tertiary/aromatic N) is 3. The van der Waals surface area contributed by atoms with Gasteiger partial charge in [0, 0.05) is 12.1 Å². The summed E-state index contributed by atoms with van der Waals surface area (Å²) in [4.78, 5) is 27.1. The van der Waals surface area contributed by atoms with E-state index < -0.39 is 17.4 Å². The van der Waals surface area contributed by atoms with Crippen LogP contribution in [0, 0.1) is 17.8 Å². The van der Waals surface area contributed by atoms with Crippen LogP contribution in [0.5, 0.6) is 0 Å². The van der Waals surface area contributed by atoms with Gasteiger partial charge in [-0.25, -0.2) is 0 Å². The third-order valence-corrected chi connectivity index (χ3v) is 7.46. The van der Waals surface area contributed by atoms with Gasteiger partial charge in [0.15, 0.2) is 11.6 Å². The Labute approximate surface area is 244 Å². The minimum atomic E-state index is -0.636. The number of hydrogen-bond acceptors (Lipinski definition) is 5. The third kappa shape index (κ3) is 7.72. The number of carbonyl (C=O) groups excluding carboxylic acids is 2. The van der Waals surface area contributed by atoms with Crippen LogP contribution in [-0.2, 0) is 20.9 Å². The van der Waals surface area contributed by atoms with Gasteiger partial charge in [-0.05, 0) is 69.9 Å². The summed E-state index contributed by atoms with van der Waals surface area (Å²) in [6.07, 6.45) is 5.35. The maximum atomic E-state index is 13.9. The van der Waals surface area contributed by atoms with Crippen molar-refractivity contribution in [3.05, 3.63) is 73.1 Å². The van der Waals surface area contributed by atoms with Crippen molar-refractivity contribution in [1.29, 1.82) is 0 Å². The molecule has 2 heterocycles. The van der Waals surface area contributed by atoms with E-state index in [2.05, 4.69) is 76.9 Å². The van der Waals surface area contributed by atoms with Gasteiger partial charge in [-0.3, -0.25) is 9.59 Å². The molecular weight excluding hydrogens is 512 g/mol. The van der Waals surface area contributed by atoms with Crippen LogP contribution in [-0.4, -0.2) is 32.2 Å². The Bertz CT molecular complexity index is 1320. The monoisotopic (exact) mass is 556 g/mol. The van der Waals surface area contributed by atoms with E-state index in [1.807, 2.05) is 39.0 Å². The first-order chi connectivity index (χ1) is 19.6. The van der Waals surface area contributed by atoms with Crippen LogP contribution in [0.15, 0.2) is 67.3 Å². The number of fused-ring (bicyclic) bond motifs is 1. The van der Waals surface area contributed by atoms with E-state index in [9.17, 15) is 9.59 Å². The largest absolute Gasteiger partial charge is 0.460 e. The maximum Gasteiger partial charge on any atom is 0.310 e. The molecule has 0 saturated carbocycles. The lowest BCUT2D eigenvalue weighted by Gasteiger charge is -2.30. The first kappa shape index (κ1) is 30.2. The zero-order valence-electron chi connectivity index (χ0n) is 25.1. The SMILES string of the molecule is C=CCC(C(=O)OC(C)(C)C)C(CC(C)C)C(=O)NC1CCCCn2c(-c3ccc(-c4ccccc4)cc3)nnc21. The molecule has 0 spiro atoms. The highest BCUT2D eigenvalue weighted by molar-refractivity contribution is 5.86. The van der Waals surface area contributed by atoms with Gasteiger partial charge in [0.1, 0.15) is 5.60 Å². The number of esters is 1. The number of rotatable bonds is 10. The second-order valence-electron chi connectivity index (χ2n) is 12.4. The molecule has 0 radical (unpaired) electrons. The molecule has 7 nitrogen and oxygen atoms in total. The summed E-state index contributed by atoms with van der Waals surface area (Å²) in [6.45, 7) is 14.3. The second-order valence-corrected chi connectivity index (χ2v) is 12.4. The second kappa shape index (κ2) is 13.3. The number of ether oxygens (including phenoxy) is 1. The summed E-state index contributed by atoms with van der Waals surface area (Å²) < 4.78 is 7.87. The van der Waals surface area contributed by atoms with Crippen molar-refractivity contribution in [3.8, 4) is 22.5 Å². The maximum absolute atomic E-state index is 13.9. The van der Waals surface area contributed by atoms with Gasteiger partial charge >= 0.3 is 5.97 Å². The fourth-order valence-corrected chi connectivity index (χ4v) is 5.56. The molecule has 4 rings (SSSR count). The van der Waals surface area contributed by atoms with Crippen LogP contribution in [0.4, 0.5) is 0 Å². The quantitative estimate of drug-likeness (QED) is 0.212. The van der Waals surface area contributed by atoms with Crippen LogP contribution in [0.3, 0.4) is 0 Å². The molecule has 1 N–H and O–H groups in total. The topological polar surface area (TPSA) is 86.1 Å². The zero-order chi connectivity index (χ0) is 29.6. The van der Waals surface area contributed by atoms with Crippen molar-refractivity contribution in [2.75, 3.05) is 0 Å². The van der Waals surface area contributed by atoms with E-state index in [0.29, 0.717) is 12.8 Å². The lowest BCUT2D eigenvalue weighted by molar-refractivity contribution is -0.164. The molecule has 0 fully saturated rings. The Morgan fingerprint density at radius 1 is 1.00 bits per heavy atom.